The van der Waals surface area contributed by atoms with Crippen LogP contribution in [0.3, 0.4) is 0 Å². The van der Waals surface area contributed by atoms with Crippen molar-refractivity contribution in [2.24, 2.45) is 0 Å². The largest absolute Gasteiger partial charge is 0.361 e. The van der Waals surface area contributed by atoms with E-state index >= 15 is 0 Å². The second-order valence-electron chi connectivity index (χ2n) is 6.76. The number of fused-ring (bicyclic) bond motifs is 1. The fraction of sp³-hybridized carbons (Fsp3) is 0.500. The van der Waals surface area contributed by atoms with Crippen molar-refractivity contribution in [1.29, 1.82) is 0 Å². The van der Waals surface area contributed by atoms with E-state index in [-0.39, 0.29) is 5.41 Å². The lowest BCUT2D eigenvalue weighted by Gasteiger charge is -2.31. The molecule has 0 aliphatic carbocycles. The topological polar surface area (TPSA) is 28.2 Å². The van der Waals surface area contributed by atoms with Crippen LogP contribution in [-0.4, -0.2) is 25.1 Å². The van der Waals surface area contributed by atoms with Gasteiger partial charge in [0.05, 0.1) is 17.4 Å². The van der Waals surface area contributed by atoms with Gasteiger partial charge in [0.2, 0.25) is 0 Å². The van der Waals surface area contributed by atoms with Crippen molar-refractivity contribution in [3.8, 4) is 0 Å². The molecule has 1 aliphatic heterocycles. The van der Waals surface area contributed by atoms with Crippen LogP contribution in [0.5, 0.6) is 0 Å². The van der Waals surface area contributed by atoms with Gasteiger partial charge in [-0.05, 0) is 50.5 Å². The van der Waals surface area contributed by atoms with Crippen molar-refractivity contribution in [3.05, 3.63) is 45.9 Å². The number of pyridine rings is 1. The highest BCUT2D eigenvalue weighted by molar-refractivity contribution is 7.10. The maximum atomic E-state index is 4.85. The molecule has 22 heavy (non-hydrogen) atoms. The Morgan fingerprint density at radius 2 is 2.18 bits per heavy atom. The number of aryl methyl sites for hydroxylation is 1. The molecular formula is C18H25N3S. The molecule has 0 radical (unpaired) electrons. The van der Waals surface area contributed by atoms with Crippen LogP contribution in [0.2, 0.25) is 0 Å². The van der Waals surface area contributed by atoms with Gasteiger partial charge in [-0.3, -0.25) is 4.98 Å². The molecule has 2 aromatic heterocycles. The molecule has 3 heterocycles. The Kier molecular flexibility index (Phi) is 4.24. The van der Waals surface area contributed by atoms with Crippen LogP contribution in [0.4, 0.5) is 5.69 Å². The molecule has 1 N–H and O–H groups in total. The van der Waals surface area contributed by atoms with Crippen LogP contribution < -0.4 is 10.2 Å². The number of anilines is 1. The second-order valence-corrected chi connectivity index (χ2v) is 7.73. The molecular weight excluding hydrogens is 290 g/mol. The summed E-state index contributed by atoms with van der Waals surface area (Å²) in [5.74, 6) is 0. The van der Waals surface area contributed by atoms with Crippen molar-refractivity contribution in [2.75, 3.05) is 25.0 Å². The van der Waals surface area contributed by atoms with Gasteiger partial charge in [-0.2, -0.15) is 0 Å². The van der Waals surface area contributed by atoms with E-state index in [1.165, 1.54) is 16.3 Å². The van der Waals surface area contributed by atoms with Crippen LogP contribution in [-0.2, 0) is 5.41 Å². The van der Waals surface area contributed by atoms with Gasteiger partial charge in [0.15, 0.2) is 0 Å². The third kappa shape index (κ3) is 2.77. The lowest BCUT2D eigenvalue weighted by Crippen LogP contribution is -2.33. The van der Waals surface area contributed by atoms with E-state index in [1.807, 2.05) is 18.4 Å². The number of nitrogens with zero attached hydrogens (tertiary/aromatic N) is 2. The first-order valence-electron chi connectivity index (χ1n) is 7.96. The zero-order valence-corrected chi connectivity index (χ0v) is 14.7. The Balaban J connectivity index is 2.00. The first-order valence-corrected chi connectivity index (χ1v) is 8.83. The summed E-state index contributed by atoms with van der Waals surface area (Å²) in [4.78, 5) is 8.85. The van der Waals surface area contributed by atoms with E-state index in [4.69, 9.17) is 4.98 Å². The second kappa shape index (κ2) is 6.01. The van der Waals surface area contributed by atoms with Gasteiger partial charge in [-0.25, -0.2) is 0 Å². The summed E-state index contributed by atoms with van der Waals surface area (Å²) in [6.07, 6.45) is 1.11. The molecule has 4 heteroatoms. The number of rotatable bonds is 5. The van der Waals surface area contributed by atoms with E-state index in [1.54, 1.807) is 0 Å². The van der Waals surface area contributed by atoms with Gasteiger partial charge in [-0.1, -0.05) is 19.9 Å². The van der Waals surface area contributed by atoms with Crippen molar-refractivity contribution in [1.82, 2.24) is 10.3 Å². The fourth-order valence-electron chi connectivity index (χ4n) is 3.36. The molecule has 0 bridgehead atoms. The van der Waals surface area contributed by atoms with Crippen LogP contribution in [0.25, 0.3) is 0 Å². The Bertz CT molecular complexity index is 634. The fourth-order valence-corrected chi connectivity index (χ4v) is 4.23. The van der Waals surface area contributed by atoms with Crippen LogP contribution >= 0.6 is 11.3 Å². The van der Waals surface area contributed by atoms with Crippen molar-refractivity contribution in [3.63, 3.8) is 0 Å². The lowest BCUT2D eigenvalue weighted by atomic mass is 9.91. The monoisotopic (exact) mass is 315 g/mol. The van der Waals surface area contributed by atoms with Crippen molar-refractivity contribution in [2.45, 2.75) is 38.6 Å². The van der Waals surface area contributed by atoms with E-state index in [2.05, 4.69) is 60.6 Å². The average molecular weight is 315 g/mol. The summed E-state index contributed by atoms with van der Waals surface area (Å²) in [5.41, 5.74) is 3.77. The highest BCUT2D eigenvalue weighted by Gasteiger charge is 2.39. The molecule has 1 atom stereocenters. The molecule has 3 rings (SSSR count). The lowest BCUT2D eigenvalue weighted by molar-refractivity contribution is 0.493. The predicted molar refractivity (Wildman–Crippen MR) is 94.9 cm³/mol. The Labute approximate surface area is 137 Å². The molecule has 0 saturated carbocycles. The van der Waals surface area contributed by atoms with E-state index in [0.717, 1.165) is 25.2 Å². The smallest absolute Gasteiger partial charge is 0.0713 e. The average Bonchev–Trinajstić information content (AvgIpc) is 3.08. The SMILES string of the molecule is CNCCC(c1cccs1)N1CC(C)(C)c2nc(C)ccc21. The molecule has 3 nitrogen and oxygen atoms in total. The van der Waals surface area contributed by atoms with Crippen molar-refractivity contribution < 1.29 is 0 Å². The minimum Gasteiger partial charge on any atom is -0.361 e. The first kappa shape index (κ1) is 15.5. The van der Waals surface area contributed by atoms with Gasteiger partial charge in [0.25, 0.3) is 0 Å². The minimum absolute atomic E-state index is 0.108. The molecule has 0 amide bonds. The Hall–Kier alpha value is -1.39. The molecule has 1 aliphatic rings. The standard InChI is InChI=1S/C18H25N3S/c1-13-7-8-15-17(20-13)18(2,3)12-21(15)14(9-10-19-4)16-6-5-11-22-16/h5-8,11,14,19H,9-10,12H2,1-4H3. The molecule has 0 saturated heterocycles. The zero-order chi connectivity index (χ0) is 15.7. The van der Waals surface area contributed by atoms with E-state index < -0.39 is 0 Å². The highest BCUT2D eigenvalue weighted by Crippen LogP contribution is 2.44. The third-order valence-electron chi connectivity index (χ3n) is 4.44. The van der Waals surface area contributed by atoms with Gasteiger partial charge in [0.1, 0.15) is 0 Å². The van der Waals surface area contributed by atoms with Crippen molar-refractivity contribution >= 4 is 17.0 Å². The highest BCUT2D eigenvalue weighted by atomic mass is 32.1. The molecule has 0 fully saturated rings. The van der Waals surface area contributed by atoms with Gasteiger partial charge < -0.3 is 10.2 Å². The maximum absolute atomic E-state index is 4.85. The summed E-state index contributed by atoms with van der Waals surface area (Å²) < 4.78 is 0. The maximum Gasteiger partial charge on any atom is 0.0713 e. The van der Waals surface area contributed by atoms with Gasteiger partial charge in [0, 0.05) is 22.5 Å². The van der Waals surface area contributed by atoms with Gasteiger partial charge in [-0.15, -0.1) is 11.3 Å². The first-order chi connectivity index (χ1) is 10.5. The molecule has 2 aromatic rings. The number of thiophene rings is 1. The summed E-state index contributed by atoms with van der Waals surface area (Å²) in [5, 5.41) is 5.48. The molecule has 1 unspecified atom stereocenters. The third-order valence-corrected chi connectivity index (χ3v) is 5.42. The number of aromatic nitrogens is 1. The number of hydrogen-bond acceptors (Lipinski definition) is 4. The number of hydrogen-bond donors (Lipinski definition) is 1. The predicted octanol–water partition coefficient (Wildman–Crippen LogP) is 3.90. The van der Waals surface area contributed by atoms with Crippen LogP contribution in [0.1, 0.15) is 42.6 Å². The molecule has 0 aromatic carbocycles. The minimum atomic E-state index is 0.108. The number of nitrogens with one attached hydrogen (secondary N) is 1. The Morgan fingerprint density at radius 3 is 2.86 bits per heavy atom. The summed E-state index contributed by atoms with van der Waals surface area (Å²) in [6, 6.07) is 9.24. The van der Waals surface area contributed by atoms with E-state index in [9.17, 15) is 0 Å². The molecule has 0 spiro atoms. The summed E-state index contributed by atoms with van der Waals surface area (Å²) in [7, 11) is 2.03. The Morgan fingerprint density at radius 1 is 1.36 bits per heavy atom. The summed E-state index contributed by atoms with van der Waals surface area (Å²) >= 11 is 1.86. The summed E-state index contributed by atoms with van der Waals surface area (Å²) in [6.45, 7) is 8.75. The molecule has 118 valence electrons. The van der Waals surface area contributed by atoms with Crippen LogP contribution in [0.15, 0.2) is 29.6 Å². The van der Waals surface area contributed by atoms with Crippen LogP contribution in [0, 0.1) is 6.92 Å². The quantitative estimate of drug-likeness (QED) is 0.907. The normalized spacial score (nSPS) is 17.5. The zero-order valence-electron chi connectivity index (χ0n) is 13.9. The van der Waals surface area contributed by atoms with E-state index in [0.29, 0.717) is 6.04 Å². The van der Waals surface area contributed by atoms with Gasteiger partial charge >= 0.3 is 0 Å².